The second-order valence-corrected chi connectivity index (χ2v) is 9.15. The van der Waals surface area contributed by atoms with E-state index in [1.807, 2.05) is 67.0 Å². The predicted octanol–water partition coefficient (Wildman–Crippen LogP) is 2.86. The van der Waals surface area contributed by atoms with Crippen LogP contribution in [0, 0.1) is 6.92 Å². The Kier molecular flexibility index (Phi) is 4.73. The minimum absolute atomic E-state index is 0.0669. The van der Waals surface area contributed by atoms with E-state index in [0.29, 0.717) is 12.1 Å². The van der Waals surface area contributed by atoms with Crippen molar-refractivity contribution in [3.05, 3.63) is 89.0 Å². The summed E-state index contributed by atoms with van der Waals surface area (Å²) in [6.45, 7) is 3.40. The van der Waals surface area contributed by atoms with Crippen LogP contribution in [0.5, 0.6) is 0 Å². The smallest absolute Gasteiger partial charge is 0.258 e. The molecule has 0 fully saturated rings. The minimum Gasteiger partial charge on any atom is -0.348 e. The van der Waals surface area contributed by atoms with Crippen LogP contribution in [0.3, 0.4) is 0 Å². The van der Waals surface area contributed by atoms with E-state index in [9.17, 15) is 4.79 Å². The van der Waals surface area contributed by atoms with Crippen molar-refractivity contribution >= 4 is 16.9 Å². The van der Waals surface area contributed by atoms with Crippen LogP contribution in [-0.2, 0) is 13.0 Å². The minimum atomic E-state index is -0.371. The monoisotopic (exact) mass is 454 g/mol. The van der Waals surface area contributed by atoms with E-state index < -0.39 is 0 Å². The van der Waals surface area contributed by atoms with Crippen LogP contribution in [0.4, 0.5) is 0 Å². The van der Waals surface area contributed by atoms with E-state index in [1.54, 1.807) is 17.0 Å². The molecule has 0 saturated heterocycles. The number of carbonyl (C=O) groups excluding carboxylic acids is 1. The van der Waals surface area contributed by atoms with Gasteiger partial charge in [-0.3, -0.25) is 4.79 Å². The lowest BCUT2D eigenvalue weighted by Gasteiger charge is -2.33. The highest BCUT2D eigenvalue weighted by Gasteiger charge is 2.37. The van der Waals surface area contributed by atoms with Gasteiger partial charge in [0.2, 0.25) is 0 Å². The van der Waals surface area contributed by atoms with E-state index in [2.05, 4.69) is 26.0 Å². The lowest BCUT2D eigenvalue weighted by Crippen LogP contribution is -2.41. The van der Waals surface area contributed by atoms with Crippen molar-refractivity contribution < 1.29 is 4.79 Å². The number of pyridine rings is 2. The Morgan fingerprint density at radius 2 is 2.12 bits per heavy atom. The lowest BCUT2D eigenvalue weighted by atomic mass is 9.98. The summed E-state index contributed by atoms with van der Waals surface area (Å²) in [6, 6.07) is 11.8. The van der Waals surface area contributed by atoms with Gasteiger partial charge in [0.1, 0.15) is 6.04 Å². The molecule has 34 heavy (non-hydrogen) atoms. The number of nitrogens with zero attached hydrogens (tertiary/aromatic N) is 7. The number of nitrogens with one attached hydrogen (secondary N) is 1. The van der Waals surface area contributed by atoms with Gasteiger partial charge in [0.25, 0.3) is 5.91 Å². The molecule has 0 radical (unpaired) electrons. The molecule has 5 aromatic heterocycles. The zero-order valence-electron chi connectivity index (χ0n) is 19.4. The highest BCUT2D eigenvalue weighted by atomic mass is 16.2. The fourth-order valence-corrected chi connectivity index (χ4v) is 4.91. The average molecular weight is 455 g/mol. The SMILES string of the molecule is Cc1cccc2cc(C3c4nc[nH]c4CCN3C(=O)c3cnn4cc(CN(C)C)ccc34)nn12. The summed E-state index contributed by atoms with van der Waals surface area (Å²) in [5, 5.41) is 9.36. The van der Waals surface area contributed by atoms with Gasteiger partial charge in [0.05, 0.1) is 40.5 Å². The third kappa shape index (κ3) is 3.28. The Bertz CT molecular complexity index is 1520. The number of carbonyl (C=O) groups is 1. The summed E-state index contributed by atoms with van der Waals surface area (Å²) < 4.78 is 3.71. The molecule has 5 aromatic rings. The summed E-state index contributed by atoms with van der Waals surface area (Å²) in [6.07, 6.45) is 6.07. The summed E-state index contributed by atoms with van der Waals surface area (Å²) in [7, 11) is 4.06. The van der Waals surface area contributed by atoms with Crippen molar-refractivity contribution in [2.24, 2.45) is 0 Å². The number of aryl methyl sites for hydroxylation is 1. The number of hydrogen-bond acceptors (Lipinski definition) is 5. The van der Waals surface area contributed by atoms with E-state index in [0.717, 1.165) is 52.3 Å². The van der Waals surface area contributed by atoms with Crippen LogP contribution in [0.1, 0.15) is 44.7 Å². The molecular formula is C25H26N8O. The molecular weight excluding hydrogens is 428 g/mol. The van der Waals surface area contributed by atoms with Crippen molar-refractivity contribution in [2.45, 2.75) is 25.9 Å². The number of aromatic nitrogens is 6. The van der Waals surface area contributed by atoms with E-state index in [1.165, 1.54) is 0 Å². The standard InChI is InChI=1S/C25H26N8O/c1-16-5-4-6-18-11-21(29-33(16)18)24-23-20(26-15-27-23)9-10-31(24)25(34)19-12-28-32-14-17(13-30(2)3)7-8-22(19)32/h4-8,11-12,14-15,24H,9-10,13H2,1-3H3,(H,26,27). The first-order chi connectivity index (χ1) is 16.5. The molecule has 0 aliphatic carbocycles. The van der Waals surface area contributed by atoms with Crippen LogP contribution >= 0.6 is 0 Å². The van der Waals surface area contributed by atoms with Gasteiger partial charge in [-0.15, -0.1) is 0 Å². The molecule has 1 unspecified atom stereocenters. The molecule has 1 aliphatic heterocycles. The van der Waals surface area contributed by atoms with Crippen molar-refractivity contribution in [1.29, 1.82) is 0 Å². The molecule has 1 atom stereocenters. The largest absolute Gasteiger partial charge is 0.348 e. The number of imidazole rings is 1. The van der Waals surface area contributed by atoms with Crippen LogP contribution in [0.15, 0.2) is 55.1 Å². The molecule has 0 saturated carbocycles. The van der Waals surface area contributed by atoms with E-state index in [4.69, 9.17) is 5.10 Å². The molecule has 1 aliphatic rings. The van der Waals surface area contributed by atoms with Crippen LogP contribution in [0.25, 0.3) is 11.0 Å². The van der Waals surface area contributed by atoms with Crippen LogP contribution < -0.4 is 0 Å². The predicted molar refractivity (Wildman–Crippen MR) is 128 cm³/mol. The fraction of sp³-hybridized carbons (Fsp3) is 0.280. The van der Waals surface area contributed by atoms with Crippen molar-refractivity contribution in [3.8, 4) is 0 Å². The number of aromatic amines is 1. The second kappa shape index (κ2) is 7.81. The summed E-state index contributed by atoms with van der Waals surface area (Å²) in [4.78, 5) is 25.8. The first-order valence-electron chi connectivity index (χ1n) is 11.4. The number of amides is 1. The maximum Gasteiger partial charge on any atom is 0.258 e. The van der Waals surface area contributed by atoms with Crippen molar-refractivity contribution in [1.82, 2.24) is 39.0 Å². The molecule has 1 N–H and O–H groups in total. The van der Waals surface area contributed by atoms with Gasteiger partial charge < -0.3 is 14.8 Å². The Labute approximate surface area is 196 Å². The van der Waals surface area contributed by atoms with Gasteiger partial charge in [-0.25, -0.2) is 14.0 Å². The van der Waals surface area contributed by atoms with Gasteiger partial charge in [-0.2, -0.15) is 10.2 Å². The lowest BCUT2D eigenvalue weighted by molar-refractivity contribution is 0.0689. The number of rotatable bonds is 4. The molecule has 9 heteroatoms. The normalized spacial score (nSPS) is 16.0. The van der Waals surface area contributed by atoms with Gasteiger partial charge in [-0.1, -0.05) is 12.1 Å². The Morgan fingerprint density at radius 3 is 2.94 bits per heavy atom. The molecule has 6 rings (SSSR count). The van der Waals surface area contributed by atoms with Gasteiger partial charge in [-0.05, 0) is 50.8 Å². The Morgan fingerprint density at radius 1 is 1.24 bits per heavy atom. The van der Waals surface area contributed by atoms with Crippen molar-refractivity contribution in [3.63, 3.8) is 0 Å². The second-order valence-electron chi connectivity index (χ2n) is 9.15. The molecule has 0 aromatic carbocycles. The first-order valence-corrected chi connectivity index (χ1v) is 11.4. The van der Waals surface area contributed by atoms with Crippen LogP contribution in [-0.4, -0.2) is 65.5 Å². The molecule has 0 bridgehead atoms. The quantitative estimate of drug-likeness (QED) is 0.451. The van der Waals surface area contributed by atoms with Gasteiger partial charge in [0.15, 0.2) is 0 Å². The average Bonchev–Trinajstić information content (AvgIpc) is 3.55. The third-order valence-electron chi connectivity index (χ3n) is 6.47. The maximum atomic E-state index is 13.9. The molecule has 0 spiro atoms. The zero-order chi connectivity index (χ0) is 23.4. The number of hydrogen-bond donors (Lipinski definition) is 1. The van der Waals surface area contributed by atoms with E-state index in [-0.39, 0.29) is 11.9 Å². The number of fused-ring (bicyclic) bond motifs is 3. The molecule has 1 amide bonds. The highest BCUT2D eigenvalue weighted by molar-refractivity contribution is 6.01. The third-order valence-corrected chi connectivity index (χ3v) is 6.47. The first kappa shape index (κ1) is 20.6. The Balaban J connectivity index is 1.42. The van der Waals surface area contributed by atoms with Crippen LogP contribution in [0.2, 0.25) is 0 Å². The van der Waals surface area contributed by atoms with E-state index >= 15 is 0 Å². The maximum absolute atomic E-state index is 13.9. The number of H-pyrrole nitrogens is 1. The Hall–Kier alpha value is -3.98. The fourth-order valence-electron chi connectivity index (χ4n) is 4.91. The topological polar surface area (TPSA) is 86.8 Å². The van der Waals surface area contributed by atoms with Crippen molar-refractivity contribution in [2.75, 3.05) is 20.6 Å². The summed E-state index contributed by atoms with van der Waals surface area (Å²) >= 11 is 0. The molecule has 6 heterocycles. The summed E-state index contributed by atoms with van der Waals surface area (Å²) in [5.74, 6) is -0.0669. The summed E-state index contributed by atoms with van der Waals surface area (Å²) in [5.41, 5.74) is 7.26. The highest BCUT2D eigenvalue weighted by Crippen LogP contribution is 2.35. The zero-order valence-corrected chi connectivity index (χ0v) is 19.4. The molecule has 172 valence electrons. The van der Waals surface area contributed by atoms with Gasteiger partial charge in [0, 0.05) is 37.1 Å². The van der Waals surface area contributed by atoms with Gasteiger partial charge >= 0.3 is 0 Å². The molecule has 9 nitrogen and oxygen atoms in total.